The smallest absolute Gasteiger partial charge is 0.301 e. The second-order valence-corrected chi connectivity index (χ2v) is 7.53. The summed E-state index contributed by atoms with van der Waals surface area (Å²) in [6.07, 6.45) is 1.40. The van der Waals surface area contributed by atoms with Crippen molar-refractivity contribution in [3.63, 3.8) is 0 Å². The Balaban J connectivity index is 2.10. The lowest BCUT2D eigenvalue weighted by molar-refractivity contribution is 0.170. The molecule has 0 amide bonds. The van der Waals surface area contributed by atoms with Gasteiger partial charge in [0.1, 0.15) is 0 Å². The van der Waals surface area contributed by atoms with E-state index in [1.807, 2.05) is 19.1 Å². The molecule has 1 aliphatic heterocycles. The summed E-state index contributed by atoms with van der Waals surface area (Å²) in [6, 6.07) is 5.46. The largest absolute Gasteiger partial charge is 0.396 e. The molecule has 112 valence electrons. The number of aliphatic hydroxyl groups excluding tert-OH is 1. The molecule has 0 aromatic heterocycles. The van der Waals surface area contributed by atoms with Crippen molar-refractivity contribution in [1.29, 1.82) is 0 Å². The summed E-state index contributed by atoms with van der Waals surface area (Å²) in [5.41, 5.74) is 1.53. The van der Waals surface area contributed by atoms with Gasteiger partial charge in [0.05, 0.1) is 5.69 Å². The Morgan fingerprint density at radius 2 is 2.05 bits per heavy atom. The number of aliphatic hydroxyl groups is 1. The fraction of sp³-hybridized carbons (Fsp3) is 0.538. The Labute approximate surface area is 128 Å². The van der Waals surface area contributed by atoms with Crippen LogP contribution in [0, 0.1) is 12.8 Å². The van der Waals surface area contributed by atoms with Crippen LogP contribution in [-0.2, 0) is 10.2 Å². The molecule has 20 heavy (non-hydrogen) atoms. The lowest BCUT2D eigenvalue weighted by Gasteiger charge is -2.30. The molecule has 1 aromatic rings. The summed E-state index contributed by atoms with van der Waals surface area (Å²) in [4.78, 5) is 0. The molecule has 0 bridgehead atoms. The van der Waals surface area contributed by atoms with Crippen molar-refractivity contribution < 1.29 is 13.5 Å². The van der Waals surface area contributed by atoms with E-state index in [4.69, 9.17) is 5.11 Å². The highest BCUT2D eigenvalue weighted by Crippen LogP contribution is 2.28. The predicted molar refractivity (Wildman–Crippen MR) is 82.8 cm³/mol. The van der Waals surface area contributed by atoms with E-state index in [1.165, 1.54) is 4.31 Å². The van der Waals surface area contributed by atoms with Gasteiger partial charge in [-0.15, -0.1) is 0 Å². The molecule has 0 radical (unpaired) electrons. The first kappa shape index (κ1) is 15.8. The van der Waals surface area contributed by atoms with Crippen LogP contribution in [0.2, 0.25) is 0 Å². The van der Waals surface area contributed by atoms with Gasteiger partial charge in [-0.3, -0.25) is 4.72 Å². The van der Waals surface area contributed by atoms with E-state index in [2.05, 4.69) is 20.7 Å². The first-order chi connectivity index (χ1) is 9.44. The van der Waals surface area contributed by atoms with Gasteiger partial charge in [0, 0.05) is 24.2 Å². The quantitative estimate of drug-likeness (QED) is 0.861. The van der Waals surface area contributed by atoms with Crippen LogP contribution in [0.5, 0.6) is 0 Å². The first-order valence-corrected chi connectivity index (χ1v) is 8.81. The maximum absolute atomic E-state index is 12.3. The Bertz CT molecular complexity index is 569. The third-order valence-corrected chi connectivity index (χ3v) is 6.18. The summed E-state index contributed by atoms with van der Waals surface area (Å²) in [6.45, 7) is 2.94. The molecule has 1 fully saturated rings. The Morgan fingerprint density at radius 1 is 1.40 bits per heavy atom. The fourth-order valence-corrected chi connectivity index (χ4v) is 4.03. The van der Waals surface area contributed by atoms with E-state index in [0.29, 0.717) is 31.6 Å². The molecule has 1 saturated heterocycles. The van der Waals surface area contributed by atoms with Crippen molar-refractivity contribution in [2.75, 3.05) is 24.4 Å². The molecular weight excluding hydrogens is 344 g/mol. The molecule has 7 heteroatoms. The average Bonchev–Trinajstić information content (AvgIpc) is 2.44. The predicted octanol–water partition coefficient (Wildman–Crippen LogP) is 2.12. The zero-order valence-electron chi connectivity index (χ0n) is 11.3. The molecule has 0 unspecified atom stereocenters. The maximum atomic E-state index is 12.3. The lowest BCUT2D eigenvalue weighted by atomic mass is 10.00. The number of benzene rings is 1. The van der Waals surface area contributed by atoms with E-state index in [1.54, 1.807) is 6.07 Å². The second-order valence-electron chi connectivity index (χ2n) is 5.07. The maximum Gasteiger partial charge on any atom is 0.301 e. The first-order valence-electron chi connectivity index (χ1n) is 6.58. The van der Waals surface area contributed by atoms with E-state index in [-0.39, 0.29) is 12.5 Å². The van der Waals surface area contributed by atoms with Gasteiger partial charge >= 0.3 is 10.2 Å². The van der Waals surface area contributed by atoms with Gasteiger partial charge in [-0.25, -0.2) is 0 Å². The van der Waals surface area contributed by atoms with Crippen molar-refractivity contribution in [2.45, 2.75) is 19.8 Å². The van der Waals surface area contributed by atoms with Crippen molar-refractivity contribution in [3.05, 3.63) is 28.2 Å². The summed E-state index contributed by atoms with van der Waals surface area (Å²) in [5, 5.41) is 9.09. The molecule has 0 saturated carbocycles. The molecule has 0 atom stereocenters. The standard InChI is InChI=1S/C13H19BrN2O3S/c1-10-3-2-4-12(13(10)14)15-20(18,19)16-7-5-11(9-17)6-8-16/h2-4,11,15,17H,5-9H2,1H3. The molecule has 0 spiro atoms. The third kappa shape index (κ3) is 3.52. The summed E-state index contributed by atoms with van der Waals surface area (Å²) < 4.78 is 29.5. The van der Waals surface area contributed by atoms with Crippen LogP contribution >= 0.6 is 15.9 Å². The normalized spacial score (nSPS) is 18.1. The number of aryl methyl sites for hydroxylation is 1. The van der Waals surface area contributed by atoms with Crippen LogP contribution in [0.3, 0.4) is 0 Å². The highest BCUT2D eigenvalue weighted by atomic mass is 79.9. The molecule has 5 nitrogen and oxygen atoms in total. The Kier molecular flexibility index (Phi) is 5.06. The number of piperidine rings is 1. The summed E-state index contributed by atoms with van der Waals surface area (Å²) in [5.74, 6) is 0.215. The summed E-state index contributed by atoms with van der Waals surface area (Å²) >= 11 is 3.40. The minimum absolute atomic E-state index is 0.130. The van der Waals surface area contributed by atoms with Gasteiger partial charge in [0.25, 0.3) is 0 Å². The van der Waals surface area contributed by atoms with Gasteiger partial charge in [-0.05, 0) is 53.2 Å². The number of nitrogens with one attached hydrogen (secondary N) is 1. The Morgan fingerprint density at radius 3 is 2.65 bits per heavy atom. The van der Waals surface area contributed by atoms with E-state index >= 15 is 0 Å². The van der Waals surface area contributed by atoms with E-state index in [0.717, 1.165) is 10.0 Å². The lowest BCUT2D eigenvalue weighted by Crippen LogP contribution is -2.42. The van der Waals surface area contributed by atoms with Crippen molar-refractivity contribution in [1.82, 2.24) is 4.31 Å². The molecule has 2 N–H and O–H groups in total. The number of nitrogens with zero attached hydrogens (tertiary/aromatic N) is 1. The van der Waals surface area contributed by atoms with Crippen LogP contribution in [0.1, 0.15) is 18.4 Å². The third-order valence-electron chi connectivity index (χ3n) is 3.60. The van der Waals surface area contributed by atoms with Crippen molar-refractivity contribution in [2.24, 2.45) is 5.92 Å². The van der Waals surface area contributed by atoms with Gasteiger partial charge in [-0.1, -0.05) is 12.1 Å². The summed E-state index contributed by atoms with van der Waals surface area (Å²) in [7, 11) is -3.54. The minimum Gasteiger partial charge on any atom is -0.396 e. The van der Waals surface area contributed by atoms with Crippen LogP contribution in [-0.4, -0.2) is 37.5 Å². The van der Waals surface area contributed by atoms with E-state index < -0.39 is 10.2 Å². The van der Waals surface area contributed by atoms with Gasteiger partial charge < -0.3 is 5.11 Å². The monoisotopic (exact) mass is 362 g/mol. The second kappa shape index (κ2) is 6.43. The van der Waals surface area contributed by atoms with Crippen LogP contribution < -0.4 is 4.72 Å². The zero-order valence-corrected chi connectivity index (χ0v) is 13.7. The van der Waals surface area contributed by atoms with Crippen molar-refractivity contribution in [3.8, 4) is 0 Å². The van der Waals surface area contributed by atoms with Gasteiger partial charge in [-0.2, -0.15) is 12.7 Å². The number of hydrogen-bond donors (Lipinski definition) is 2. The molecular formula is C13H19BrN2O3S. The van der Waals surface area contributed by atoms with Gasteiger partial charge in [0.15, 0.2) is 0 Å². The van der Waals surface area contributed by atoms with Gasteiger partial charge in [0.2, 0.25) is 0 Å². The highest BCUT2D eigenvalue weighted by Gasteiger charge is 2.28. The van der Waals surface area contributed by atoms with Crippen molar-refractivity contribution >= 4 is 31.8 Å². The SMILES string of the molecule is Cc1cccc(NS(=O)(=O)N2CCC(CO)CC2)c1Br. The molecule has 1 heterocycles. The van der Waals surface area contributed by atoms with E-state index in [9.17, 15) is 8.42 Å². The molecule has 1 aromatic carbocycles. The average molecular weight is 363 g/mol. The number of anilines is 1. The molecule has 0 aliphatic carbocycles. The van der Waals surface area contributed by atoms with Crippen LogP contribution in [0.15, 0.2) is 22.7 Å². The minimum atomic E-state index is -3.54. The topological polar surface area (TPSA) is 69.6 Å². The van der Waals surface area contributed by atoms with Crippen LogP contribution in [0.4, 0.5) is 5.69 Å². The molecule has 2 rings (SSSR count). The molecule has 1 aliphatic rings. The Hall–Kier alpha value is -0.630. The fourth-order valence-electron chi connectivity index (χ4n) is 2.26. The zero-order chi connectivity index (χ0) is 14.8. The number of halogens is 1. The number of rotatable bonds is 4. The highest BCUT2D eigenvalue weighted by molar-refractivity contribution is 9.10. The van der Waals surface area contributed by atoms with Crippen LogP contribution in [0.25, 0.3) is 0 Å². The number of hydrogen-bond acceptors (Lipinski definition) is 3.